The monoisotopic (exact) mass is 280 g/mol. The smallest absolute Gasteiger partial charge is 0.327 e. The van der Waals surface area contributed by atoms with E-state index in [1.807, 2.05) is 13.8 Å². The number of thioether (sulfide) groups is 1. The molecule has 1 saturated heterocycles. The van der Waals surface area contributed by atoms with Crippen molar-refractivity contribution in [3.05, 3.63) is 30.1 Å². The van der Waals surface area contributed by atoms with Crippen molar-refractivity contribution < 1.29 is 14.7 Å². The van der Waals surface area contributed by atoms with E-state index in [4.69, 9.17) is 0 Å². The van der Waals surface area contributed by atoms with Gasteiger partial charge in [-0.2, -0.15) is 0 Å². The third-order valence-electron chi connectivity index (χ3n) is 3.05. The largest absolute Gasteiger partial charge is 0.480 e. The van der Waals surface area contributed by atoms with Crippen LogP contribution in [0.25, 0.3) is 0 Å². The van der Waals surface area contributed by atoms with Gasteiger partial charge >= 0.3 is 5.97 Å². The zero-order chi connectivity index (χ0) is 14.0. The molecule has 1 fully saturated rings. The summed E-state index contributed by atoms with van der Waals surface area (Å²) in [5.74, 6) is -0.536. The maximum Gasteiger partial charge on any atom is 0.327 e. The van der Waals surface area contributed by atoms with E-state index in [0.29, 0.717) is 11.3 Å². The summed E-state index contributed by atoms with van der Waals surface area (Å²) in [6.45, 7) is 3.99. The van der Waals surface area contributed by atoms with E-state index in [1.165, 1.54) is 29.1 Å². The standard InChI is InChI=1S/C13H16N2O3S/c1-8(2)12-15(10(7-19-12)13(17)18)11(16)9-3-5-14-6-4-9/h3-6,8,10,12H,7H2,1-2H3,(H,17,18). The molecule has 1 aliphatic rings. The number of carbonyl (C=O) groups excluding carboxylic acids is 1. The van der Waals surface area contributed by atoms with Crippen molar-refractivity contribution in [1.29, 1.82) is 0 Å². The minimum atomic E-state index is -0.946. The minimum absolute atomic E-state index is 0.0956. The van der Waals surface area contributed by atoms with Gasteiger partial charge in [0.2, 0.25) is 0 Å². The van der Waals surface area contributed by atoms with E-state index in [0.717, 1.165) is 0 Å². The number of hydrogen-bond acceptors (Lipinski definition) is 4. The number of nitrogens with zero attached hydrogens (tertiary/aromatic N) is 2. The summed E-state index contributed by atoms with van der Waals surface area (Å²) in [5.41, 5.74) is 0.481. The Balaban J connectivity index is 2.31. The molecule has 2 atom stereocenters. The second-order valence-corrected chi connectivity index (χ2v) is 5.92. The van der Waals surface area contributed by atoms with E-state index >= 15 is 0 Å². The minimum Gasteiger partial charge on any atom is -0.480 e. The number of carboxylic acid groups (broad SMARTS) is 1. The van der Waals surface area contributed by atoms with Crippen LogP contribution in [-0.4, -0.2) is 44.0 Å². The van der Waals surface area contributed by atoms with Crippen LogP contribution in [0.4, 0.5) is 0 Å². The Labute approximate surface area is 116 Å². The van der Waals surface area contributed by atoms with E-state index in [1.54, 1.807) is 12.1 Å². The Bertz CT molecular complexity index is 478. The maximum absolute atomic E-state index is 12.5. The number of amides is 1. The fourth-order valence-electron chi connectivity index (χ4n) is 2.13. The Morgan fingerprint density at radius 3 is 2.58 bits per heavy atom. The highest BCUT2D eigenvalue weighted by atomic mass is 32.2. The zero-order valence-electron chi connectivity index (χ0n) is 10.8. The molecule has 1 N–H and O–H groups in total. The highest BCUT2D eigenvalue weighted by Gasteiger charge is 2.43. The summed E-state index contributed by atoms with van der Waals surface area (Å²) in [6.07, 6.45) is 3.08. The molecule has 1 aromatic heterocycles. The molecule has 2 heterocycles. The molecule has 0 spiro atoms. The van der Waals surface area contributed by atoms with Crippen LogP contribution in [0.2, 0.25) is 0 Å². The zero-order valence-corrected chi connectivity index (χ0v) is 11.6. The van der Waals surface area contributed by atoms with Gasteiger partial charge in [0, 0.05) is 23.7 Å². The van der Waals surface area contributed by atoms with Gasteiger partial charge in [-0.1, -0.05) is 13.8 Å². The molecule has 1 aliphatic heterocycles. The second kappa shape index (κ2) is 5.61. The Morgan fingerprint density at radius 1 is 1.42 bits per heavy atom. The molecule has 2 rings (SSSR count). The normalized spacial score (nSPS) is 22.8. The molecule has 1 aromatic rings. The third kappa shape index (κ3) is 2.73. The topological polar surface area (TPSA) is 70.5 Å². The predicted molar refractivity (Wildman–Crippen MR) is 72.9 cm³/mol. The van der Waals surface area contributed by atoms with Gasteiger partial charge < -0.3 is 10.0 Å². The average molecular weight is 280 g/mol. The van der Waals surface area contributed by atoms with Crippen molar-refractivity contribution in [1.82, 2.24) is 9.88 Å². The van der Waals surface area contributed by atoms with Crippen molar-refractivity contribution in [3.63, 3.8) is 0 Å². The molecule has 6 heteroatoms. The van der Waals surface area contributed by atoms with Gasteiger partial charge in [-0.05, 0) is 18.1 Å². The molecule has 2 unspecified atom stereocenters. The van der Waals surface area contributed by atoms with Crippen LogP contribution in [0.1, 0.15) is 24.2 Å². The number of aliphatic carboxylic acids is 1. The molecular weight excluding hydrogens is 264 g/mol. The van der Waals surface area contributed by atoms with Gasteiger partial charge in [0.1, 0.15) is 6.04 Å². The Kier molecular flexibility index (Phi) is 4.09. The summed E-state index contributed by atoms with van der Waals surface area (Å²) >= 11 is 1.53. The molecule has 102 valence electrons. The molecule has 0 bridgehead atoms. The van der Waals surface area contributed by atoms with Crippen molar-refractivity contribution in [2.75, 3.05) is 5.75 Å². The number of aromatic nitrogens is 1. The van der Waals surface area contributed by atoms with Crippen molar-refractivity contribution >= 4 is 23.6 Å². The summed E-state index contributed by atoms with van der Waals surface area (Å²) in [4.78, 5) is 29.2. The molecule has 0 saturated carbocycles. The van der Waals surface area contributed by atoms with E-state index < -0.39 is 12.0 Å². The van der Waals surface area contributed by atoms with Crippen LogP contribution in [-0.2, 0) is 4.79 Å². The lowest BCUT2D eigenvalue weighted by atomic mass is 10.1. The lowest BCUT2D eigenvalue weighted by Crippen LogP contribution is -2.47. The number of pyridine rings is 1. The molecular formula is C13H16N2O3S. The summed E-state index contributed by atoms with van der Waals surface area (Å²) in [5, 5.41) is 9.16. The van der Waals surface area contributed by atoms with Crippen LogP contribution in [0.15, 0.2) is 24.5 Å². The first-order valence-corrected chi connectivity index (χ1v) is 7.14. The summed E-state index contributed by atoms with van der Waals surface area (Å²) < 4.78 is 0. The number of rotatable bonds is 3. The highest BCUT2D eigenvalue weighted by Crippen LogP contribution is 2.35. The maximum atomic E-state index is 12.5. The number of carbonyl (C=O) groups is 2. The third-order valence-corrected chi connectivity index (χ3v) is 4.67. The lowest BCUT2D eigenvalue weighted by molar-refractivity contribution is -0.141. The van der Waals surface area contributed by atoms with Crippen LogP contribution in [0, 0.1) is 5.92 Å². The molecule has 0 aromatic carbocycles. The van der Waals surface area contributed by atoms with Crippen LogP contribution in [0.5, 0.6) is 0 Å². The van der Waals surface area contributed by atoms with Crippen LogP contribution >= 0.6 is 11.8 Å². The molecule has 19 heavy (non-hydrogen) atoms. The fraction of sp³-hybridized carbons (Fsp3) is 0.462. The average Bonchev–Trinajstić information content (AvgIpc) is 2.83. The first kappa shape index (κ1) is 13.9. The van der Waals surface area contributed by atoms with Gasteiger partial charge in [-0.15, -0.1) is 11.8 Å². The Morgan fingerprint density at radius 2 is 2.05 bits per heavy atom. The SMILES string of the molecule is CC(C)C1SCC(C(=O)O)N1C(=O)c1ccncc1. The quantitative estimate of drug-likeness (QED) is 0.912. The van der Waals surface area contributed by atoms with E-state index in [2.05, 4.69) is 4.98 Å². The molecule has 0 radical (unpaired) electrons. The highest BCUT2D eigenvalue weighted by molar-refractivity contribution is 8.00. The van der Waals surface area contributed by atoms with Crippen LogP contribution in [0.3, 0.4) is 0 Å². The number of carboxylic acids is 1. The lowest BCUT2D eigenvalue weighted by Gasteiger charge is -2.29. The molecule has 5 nitrogen and oxygen atoms in total. The van der Waals surface area contributed by atoms with Gasteiger partial charge in [-0.25, -0.2) is 4.79 Å². The molecule has 1 amide bonds. The van der Waals surface area contributed by atoms with Crippen molar-refractivity contribution in [2.45, 2.75) is 25.3 Å². The van der Waals surface area contributed by atoms with Crippen molar-refractivity contribution in [2.24, 2.45) is 5.92 Å². The van der Waals surface area contributed by atoms with Crippen LogP contribution < -0.4 is 0 Å². The Hall–Kier alpha value is -1.56. The van der Waals surface area contributed by atoms with E-state index in [-0.39, 0.29) is 17.2 Å². The van der Waals surface area contributed by atoms with Crippen molar-refractivity contribution in [3.8, 4) is 0 Å². The summed E-state index contributed by atoms with van der Waals surface area (Å²) in [7, 11) is 0. The summed E-state index contributed by atoms with van der Waals surface area (Å²) in [6, 6.07) is 2.47. The van der Waals surface area contributed by atoms with E-state index in [9.17, 15) is 14.7 Å². The van der Waals surface area contributed by atoms with Gasteiger partial charge in [0.05, 0.1) is 5.37 Å². The number of hydrogen-bond donors (Lipinski definition) is 1. The second-order valence-electron chi connectivity index (χ2n) is 4.77. The van der Waals surface area contributed by atoms with Gasteiger partial charge in [0.25, 0.3) is 5.91 Å². The van der Waals surface area contributed by atoms with Gasteiger partial charge in [0.15, 0.2) is 0 Å². The first-order chi connectivity index (χ1) is 9.02. The van der Waals surface area contributed by atoms with Gasteiger partial charge in [-0.3, -0.25) is 9.78 Å². The molecule has 0 aliphatic carbocycles. The first-order valence-electron chi connectivity index (χ1n) is 6.09. The predicted octanol–water partition coefficient (Wildman–Crippen LogP) is 1.71. The fourth-order valence-corrected chi connectivity index (χ4v) is 3.60.